The Labute approximate surface area is 120 Å². The van der Waals surface area contributed by atoms with Gasteiger partial charge in [0.25, 0.3) is 0 Å². The Hall–Kier alpha value is -1.30. The summed E-state index contributed by atoms with van der Waals surface area (Å²) in [6.45, 7) is 1.28. The Morgan fingerprint density at radius 2 is 1.84 bits per heavy atom. The molecule has 1 aromatic carbocycles. The number of aliphatic hydroxyl groups is 1. The monoisotopic (exact) mass is 305 g/mol. The molecule has 7 heteroatoms. The smallest absolute Gasteiger partial charge is 0.328 e. The fourth-order valence-corrected chi connectivity index (χ4v) is 2.01. The van der Waals surface area contributed by atoms with Crippen LogP contribution in [0.1, 0.15) is 12.5 Å². The number of carbonyl (C=O) groups excluding carboxylic acids is 1. The SMILES string of the molecule is C[C@@H](O)[C@H](NC(=O)Cc1c(Cl)cccc1Cl)C(=O)O. The highest BCUT2D eigenvalue weighted by molar-refractivity contribution is 6.36. The first kappa shape index (κ1) is 15.8. The van der Waals surface area contributed by atoms with Crippen molar-refractivity contribution < 1.29 is 19.8 Å². The van der Waals surface area contributed by atoms with Crippen LogP contribution in [0.15, 0.2) is 18.2 Å². The van der Waals surface area contributed by atoms with E-state index in [2.05, 4.69) is 5.32 Å². The third-order valence-corrected chi connectivity index (χ3v) is 3.17. The van der Waals surface area contributed by atoms with Gasteiger partial charge in [0.2, 0.25) is 5.91 Å². The largest absolute Gasteiger partial charge is 0.480 e. The maximum absolute atomic E-state index is 11.7. The van der Waals surface area contributed by atoms with Gasteiger partial charge in [-0.05, 0) is 24.6 Å². The molecule has 104 valence electrons. The van der Waals surface area contributed by atoms with E-state index in [1.807, 2.05) is 0 Å². The maximum atomic E-state index is 11.7. The third kappa shape index (κ3) is 4.38. The molecule has 0 bridgehead atoms. The Kier molecular flexibility index (Phi) is 5.60. The molecular weight excluding hydrogens is 293 g/mol. The van der Waals surface area contributed by atoms with E-state index >= 15 is 0 Å². The molecule has 1 amide bonds. The Bertz CT molecular complexity index is 470. The molecule has 0 unspecified atom stereocenters. The molecule has 0 heterocycles. The van der Waals surface area contributed by atoms with Crippen molar-refractivity contribution in [3.8, 4) is 0 Å². The van der Waals surface area contributed by atoms with Crippen LogP contribution < -0.4 is 5.32 Å². The van der Waals surface area contributed by atoms with Gasteiger partial charge < -0.3 is 15.5 Å². The van der Waals surface area contributed by atoms with E-state index in [0.717, 1.165) is 0 Å². The van der Waals surface area contributed by atoms with Crippen molar-refractivity contribution in [3.05, 3.63) is 33.8 Å². The summed E-state index contributed by atoms with van der Waals surface area (Å²) in [5.74, 6) is -1.89. The first-order valence-electron chi connectivity index (χ1n) is 5.46. The van der Waals surface area contributed by atoms with Crippen molar-refractivity contribution in [3.63, 3.8) is 0 Å². The van der Waals surface area contributed by atoms with Crippen LogP contribution in [0.3, 0.4) is 0 Å². The van der Waals surface area contributed by atoms with Gasteiger partial charge in [0.15, 0.2) is 6.04 Å². The molecule has 2 atom stereocenters. The van der Waals surface area contributed by atoms with Crippen molar-refractivity contribution in [2.45, 2.75) is 25.5 Å². The van der Waals surface area contributed by atoms with Crippen LogP contribution in [-0.4, -0.2) is 34.2 Å². The van der Waals surface area contributed by atoms with Gasteiger partial charge in [0.1, 0.15) is 0 Å². The number of carboxylic acids is 1. The maximum Gasteiger partial charge on any atom is 0.328 e. The summed E-state index contributed by atoms with van der Waals surface area (Å²) in [5.41, 5.74) is 0.415. The fraction of sp³-hybridized carbons (Fsp3) is 0.333. The number of benzene rings is 1. The summed E-state index contributed by atoms with van der Waals surface area (Å²) in [4.78, 5) is 22.6. The molecule has 0 fully saturated rings. The van der Waals surface area contributed by atoms with Gasteiger partial charge in [-0.15, -0.1) is 0 Å². The summed E-state index contributed by atoms with van der Waals surface area (Å²) in [5, 5.41) is 21.0. The fourth-order valence-electron chi connectivity index (χ4n) is 1.47. The first-order chi connectivity index (χ1) is 8.82. The lowest BCUT2D eigenvalue weighted by atomic mass is 10.1. The van der Waals surface area contributed by atoms with E-state index in [-0.39, 0.29) is 6.42 Å². The number of hydrogen-bond donors (Lipinski definition) is 3. The molecule has 19 heavy (non-hydrogen) atoms. The summed E-state index contributed by atoms with van der Waals surface area (Å²) < 4.78 is 0. The molecular formula is C12H13Cl2NO4. The quantitative estimate of drug-likeness (QED) is 0.769. The summed E-state index contributed by atoms with van der Waals surface area (Å²) >= 11 is 11.8. The minimum Gasteiger partial charge on any atom is -0.480 e. The average molecular weight is 306 g/mol. The number of nitrogens with one attached hydrogen (secondary N) is 1. The van der Waals surface area contributed by atoms with Gasteiger partial charge in [-0.1, -0.05) is 29.3 Å². The average Bonchev–Trinajstić information content (AvgIpc) is 2.30. The molecule has 0 aliphatic heterocycles. The van der Waals surface area contributed by atoms with Crippen molar-refractivity contribution in [2.75, 3.05) is 0 Å². The molecule has 1 aromatic rings. The molecule has 0 aliphatic carbocycles. The minimum atomic E-state index is -1.37. The lowest BCUT2D eigenvalue weighted by Crippen LogP contribution is -2.48. The number of rotatable bonds is 5. The van der Waals surface area contributed by atoms with Crippen molar-refractivity contribution in [2.24, 2.45) is 0 Å². The molecule has 0 aromatic heterocycles. The van der Waals surface area contributed by atoms with E-state index in [9.17, 15) is 14.7 Å². The zero-order chi connectivity index (χ0) is 14.6. The van der Waals surface area contributed by atoms with E-state index in [1.165, 1.54) is 6.92 Å². The summed E-state index contributed by atoms with van der Waals surface area (Å²) in [6.07, 6.45) is -1.36. The number of carboxylic acid groups (broad SMARTS) is 1. The van der Waals surface area contributed by atoms with Crippen LogP contribution in [0.4, 0.5) is 0 Å². The van der Waals surface area contributed by atoms with E-state index in [4.69, 9.17) is 28.3 Å². The van der Waals surface area contributed by atoms with Crippen molar-refractivity contribution in [1.29, 1.82) is 0 Å². The first-order valence-corrected chi connectivity index (χ1v) is 6.21. The second-order valence-electron chi connectivity index (χ2n) is 4.00. The third-order valence-electron chi connectivity index (χ3n) is 2.46. The van der Waals surface area contributed by atoms with Crippen LogP contribution >= 0.6 is 23.2 Å². The van der Waals surface area contributed by atoms with E-state index in [0.29, 0.717) is 15.6 Å². The highest BCUT2D eigenvalue weighted by atomic mass is 35.5. The number of halogens is 2. The van der Waals surface area contributed by atoms with Gasteiger partial charge in [-0.3, -0.25) is 4.79 Å². The molecule has 3 N–H and O–H groups in total. The topological polar surface area (TPSA) is 86.6 Å². The summed E-state index contributed by atoms with van der Waals surface area (Å²) in [7, 11) is 0. The van der Waals surface area contributed by atoms with Gasteiger partial charge in [-0.2, -0.15) is 0 Å². The Morgan fingerprint density at radius 3 is 2.26 bits per heavy atom. The van der Waals surface area contributed by atoms with E-state index in [1.54, 1.807) is 18.2 Å². The van der Waals surface area contributed by atoms with Gasteiger partial charge in [-0.25, -0.2) is 4.79 Å². The van der Waals surface area contributed by atoms with Crippen LogP contribution in [0.5, 0.6) is 0 Å². The van der Waals surface area contributed by atoms with Crippen LogP contribution in [0, 0.1) is 0 Å². The number of hydrogen-bond acceptors (Lipinski definition) is 3. The standard InChI is InChI=1S/C12H13Cl2NO4/c1-6(16)11(12(18)19)15-10(17)5-7-8(13)3-2-4-9(7)14/h2-4,6,11,16H,5H2,1H3,(H,15,17)(H,18,19)/t6-,11+/m1/s1. The number of aliphatic hydroxyl groups excluding tert-OH is 1. The van der Waals surface area contributed by atoms with Gasteiger partial charge in [0, 0.05) is 10.0 Å². The lowest BCUT2D eigenvalue weighted by Gasteiger charge is -2.17. The van der Waals surface area contributed by atoms with Gasteiger partial charge in [0.05, 0.1) is 12.5 Å². The molecule has 1 rings (SSSR count). The number of carbonyl (C=O) groups is 2. The molecule has 5 nitrogen and oxygen atoms in total. The normalized spacial score (nSPS) is 13.7. The van der Waals surface area contributed by atoms with Crippen LogP contribution in [0.25, 0.3) is 0 Å². The van der Waals surface area contributed by atoms with Crippen molar-refractivity contribution >= 4 is 35.1 Å². The predicted molar refractivity (Wildman–Crippen MR) is 71.4 cm³/mol. The zero-order valence-electron chi connectivity index (χ0n) is 10.1. The van der Waals surface area contributed by atoms with Crippen LogP contribution in [-0.2, 0) is 16.0 Å². The predicted octanol–water partition coefficient (Wildman–Crippen LogP) is 1.49. The molecule has 0 radical (unpaired) electrons. The Morgan fingerprint density at radius 1 is 1.32 bits per heavy atom. The summed E-state index contributed by atoms with van der Waals surface area (Å²) in [6, 6.07) is 3.44. The highest BCUT2D eigenvalue weighted by Gasteiger charge is 2.25. The molecule has 0 saturated heterocycles. The van der Waals surface area contributed by atoms with E-state index < -0.39 is 24.0 Å². The number of aliphatic carboxylic acids is 1. The Balaban J connectivity index is 2.78. The molecule has 0 aliphatic rings. The number of amides is 1. The lowest BCUT2D eigenvalue weighted by molar-refractivity contribution is -0.144. The van der Waals surface area contributed by atoms with Gasteiger partial charge >= 0.3 is 5.97 Å². The van der Waals surface area contributed by atoms with Crippen LogP contribution in [0.2, 0.25) is 10.0 Å². The zero-order valence-corrected chi connectivity index (χ0v) is 11.6. The minimum absolute atomic E-state index is 0.158. The second kappa shape index (κ2) is 6.75. The second-order valence-corrected chi connectivity index (χ2v) is 4.82. The molecule has 0 saturated carbocycles. The van der Waals surface area contributed by atoms with Crippen molar-refractivity contribution in [1.82, 2.24) is 5.32 Å². The highest BCUT2D eigenvalue weighted by Crippen LogP contribution is 2.24. The molecule has 0 spiro atoms.